The summed E-state index contributed by atoms with van der Waals surface area (Å²) < 4.78 is 8.28. The van der Waals surface area contributed by atoms with Crippen molar-refractivity contribution < 1.29 is 9.53 Å². The van der Waals surface area contributed by atoms with Gasteiger partial charge in [0.05, 0.1) is 25.5 Å². The average molecular weight is 312 g/mol. The molecule has 1 aromatic carbocycles. The lowest BCUT2D eigenvalue weighted by molar-refractivity contribution is 0.0941. The van der Waals surface area contributed by atoms with Crippen molar-refractivity contribution in [1.29, 1.82) is 0 Å². The second-order valence-electron chi connectivity index (χ2n) is 4.88. The summed E-state index contributed by atoms with van der Waals surface area (Å²) in [5.74, 6) is 0.571. The number of hydrogen-bond acceptors (Lipinski definition) is 5. The number of nitrogens with one attached hydrogen (secondary N) is 1. The van der Waals surface area contributed by atoms with Crippen molar-refractivity contribution in [2.45, 2.75) is 6.54 Å². The Kier molecular flexibility index (Phi) is 4.05. The fourth-order valence-electron chi connectivity index (χ4n) is 2.10. The van der Waals surface area contributed by atoms with Crippen LogP contribution >= 0.6 is 0 Å². The molecule has 2 aromatic heterocycles. The standard InChI is InChI=1S/C15H16N6O2/c1-20-14(7-8-17-20)15(22)16-9-11-10-21(19-18-11)12-3-5-13(23-2)6-4-12/h3-8,10H,9H2,1-2H3,(H,16,22). The number of methoxy groups -OCH3 is 1. The number of ether oxygens (including phenoxy) is 1. The number of nitrogens with zero attached hydrogens (tertiary/aromatic N) is 5. The minimum Gasteiger partial charge on any atom is -0.497 e. The largest absolute Gasteiger partial charge is 0.497 e. The normalized spacial score (nSPS) is 10.5. The first-order valence-corrected chi connectivity index (χ1v) is 6.99. The third-order valence-electron chi connectivity index (χ3n) is 3.36. The van der Waals surface area contributed by atoms with Gasteiger partial charge in [0.2, 0.25) is 0 Å². The lowest BCUT2D eigenvalue weighted by Gasteiger charge is -2.03. The predicted octanol–water partition coefficient (Wildman–Crippen LogP) is 0.939. The Morgan fingerprint density at radius 2 is 2.04 bits per heavy atom. The highest BCUT2D eigenvalue weighted by molar-refractivity contribution is 5.92. The van der Waals surface area contributed by atoms with Gasteiger partial charge in [-0.3, -0.25) is 9.48 Å². The van der Waals surface area contributed by atoms with Crippen LogP contribution in [0.25, 0.3) is 5.69 Å². The topological polar surface area (TPSA) is 86.9 Å². The van der Waals surface area contributed by atoms with Crippen LogP contribution in [0.5, 0.6) is 5.75 Å². The van der Waals surface area contributed by atoms with Crippen molar-refractivity contribution in [3.8, 4) is 11.4 Å². The molecule has 0 spiro atoms. The quantitative estimate of drug-likeness (QED) is 0.757. The van der Waals surface area contributed by atoms with E-state index in [-0.39, 0.29) is 5.91 Å². The number of rotatable bonds is 5. The van der Waals surface area contributed by atoms with E-state index in [0.717, 1.165) is 11.4 Å². The van der Waals surface area contributed by atoms with Gasteiger partial charge in [0.1, 0.15) is 17.1 Å². The van der Waals surface area contributed by atoms with E-state index in [1.165, 1.54) is 4.68 Å². The molecule has 0 bridgehead atoms. The van der Waals surface area contributed by atoms with Gasteiger partial charge in [0.25, 0.3) is 5.91 Å². The SMILES string of the molecule is COc1ccc(-n2cc(CNC(=O)c3ccnn3C)nn2)cc1. The first kappa shape index (κ1) is 14.8. The molecule has 0 aliphatic carbocycles. The van der Waals surface area contributed by atoms with Crippen LogP contribution in [0, 0.1) is 0 Å². The molecule has 0 atom stereocenters. The van der Waals surface area contributed by atoms with E-state index < -0.39 is 0 Å². The van der Waals surface area contributed by atoms with Gasteiger partial charge in [-0.2, -0.15) is 5.10 Å². The third kappa shape index (κ3) is 3.20. The Balaban J connectivity index is 1.65. The van der Waals surface area contributed by atoms with Gasteiger partial charge in [0, 0.05) is 13.2 Å². The zero-order chi connectivity index (χ0) is 16.2. The van der Waals surface area contributed by atoms with Gasteiger partial charge in [-0.25, -0.2) is 4.68 Å². The maximum Gasteiger partial charge on any atom is 0.269 e. The molecule has 1 amide bonds. The van der Waals surface area contributed by atoms with E-state index in [1.54, 1.807) is 37.3 Å². The Labute approximate surface area is 132 Å². The summed E-state index contributed by atoms with van der Waals surface area (Å²) in [4.78, 5) is 12.0. The molecule has 2 heterocycles. The maximum absolute atomic E-state index is 12.0. The lowest BCUT2D eigenvalue weighted by Crippen LogP contribution is -2.25. The lowest BCUT2D eigenvalue weighted by atomic mass is 10.3. The molecule has 0 aliphatic rings. The molecular weight excluding hydrogens is 296 g/mol. The molecule has 3 aromatic rings. The van der Waals surface area contributed by atoms with Crippen LogP contribution in [0.4, 0.5) is 0 Å². The van der Waals surface area contributed by atoms with Crippen LogP contribution in [0.3, 0.4) is 0 Å². The number of aryl methyl sites for hydroxylation is 1. The van der Waals surface area contributed by atoms with Gasteiger partial charge >= 0.3 is 0 Å². The molecule has 8 heteroatoms. The fraction of sp³-hybridized carbons (Fsp3) is 0.200. The van der Waals surface area contributed by atoms with E-state index in [0.29, 0.717) is 17.9 Å². The van der Waals surface area contributed by atoms with Crippen LogP contribution in [0.2, 0.25) is 0 Å². The minimum atomic E-state index is -0.205. The number of amides is 1. The van der Waals surface area contributed by atoms with E-state index in [4.69, 9.17) is 4.74 Å². The number of benzene rings is 1. The summed E-state index contributed by atoms with van der Waals surface area (Å²) in [6, 6.07) is 9.11. The molecular formula is C15H16N6O2. The number of carbonyl (C=O) groups excluding carboxylic acids is 1. The number of hydrogen-bond donors (Lipinski definition) is 1. The van der Waals surface area contributed by atoms with Crippen LogP contribution in [-0.4, -0.2) is 37.8 Å². The van der Waals surface area contributed by atoms with Gasteiger partial charge < -0.3 is 10.1 Å². The molecule has 23 heavy (non-hydrogen) atoms. The second kappa shape index (κ2) is 6.30. The zero-order valence-electron chi connectivity index (χ0n) is 12.8. The molecule has 3 rings (SSSR count). The molecule has 0 aliphatic heterocycles. The summed E-state index contributed by atoms with van der Waals surface area (Å²) >= 11 is 0. The summed E-state index contributed by atoms with van der Waals surface area (Å²) in [5, 5.41) is 14.9. The van der Waals surface area contributed by atoms with Gasteiger partial charge in [-0.15, -0.1) is 5.10 Å². The number of carbonyl (C=O) groups is 1. The third-order valence-corrected chi connectivity index (χ3v) is 3.36. The van der Waals surface area contributed by atoms with Crippen LogP contribution in [0.1, 0.15) is 16.2 Å². The summed E-state index contributed by atoms with van der Waals surface area (Å²) in [6.07, 6.45) is 3.35. The van der Waals surface area contributed by atoms with E-state index in [2.05, 4.69) is 20.7 Å². The van der Waals surface area contributed by atoms with Gasteiger partial charge in [-0.05, 0) is 30.3 Å². The molecule has 0 saturated heterocycles. The summed E-state index contributed by atoms with van der Waals surface area (Å²) in [6.45, 7) is 0.292. The molecule has 0 fully saturated rings. The first-order chi connectivity index (χ1) is 11.2. The highest BCUT2D eigenvalue weighted by Crippen LogP contribution is 2.14. The smallest absolute Gasteiger partial charge is 0.269 e. The van der Waals surface area contributed by atoms with Gasteiger partial charge in [0.15, 0.2) is 0 Å². The van der Waals surface area contributed by atoms with Crippen molar-refractivity contribution in [1.82, 2.24) is 30.1 Å². The van der Waals surface area contributed by atoms with Crippen LogP contribution in [-0.2, 0) is 13.6 Å². The second-order valence-corrected chi connectivity index (χ2v) is 4.88. The van der Waals surface area contributed by atoms with Crippen molar-refractivity contribution in [3.63, 3.8) is 0 Å². The molecule has 8 nitrogen and oxygen atoms in total. The van der Waals surface area contributed by atoms with E-state index in [9.17, 15) is 4.79 Å². The van der Waals surface area contributed by atoms with Crippen LogP contribution in [0.15, 0.2) is 42.7 Å². The summed E-state index contributed by atoms with van der Waals surface area (Å²) in [7, 11) is 3.34. The molecule has 1 N–H and O–H groups in total. The van der Waals surface area contributed by atoms with E-state index >= 15 is 0 Å². The van der Waals surface area contributed by atoms with E-state index in [1.807, 2.05) is 24.3 Å². The Hall–Kier alpha value is -3.16. The fourth-order valence-corrected chi connectivity index (χ4v) is 2.10. The van der Waals surface area contributed by atoms with Crippen molar-refractivity contribution >= 4 is 5.91 Å². The summed E-state index contributed by atoms with van der Waals surface area (Å²) in [5.41, 5.74) is 2.02. The van der Waals surface area contributed by atoms with Crippen LogP contribution < -0.4 is 10.1 Å². The van der Waals surface area contributed by atoms with Crippen molar-refractivity contribution in [2.75, 3.05) is 7.11 Å². The molecule has 0 unspecified atom stereocenters. The average Bonchev–Trinajstić information content (AvgIpc) is 3.22. The predicted molar refractivity (Wildman–Crippen MR) is 82.3 cm³/mol. The Morgan fingerprint density at radius 1 is 1.26 bits per heavy atom. The first-order valence-electron chi connectivity index (χ1n) is 6.99. The maximum atomic E-state index is 12.0. The molecule has 118 valence electrons. The van der Waals surface area contributed by atoms with Crippen molar-refractivity contribution in [2.24, 2.45) is 7.05 Å². The zero-order valence-corrected chi connectivity index (χ0v) is 12.8. The Bertz CT molecular complexity index is 805. The van der Waals surface area contributed by atoms with Gasteiger partial charge in [-0.1, -0.05) is 5.21 Å². The molecule has 0 radical (unpaired) electrons. The number of aromatic nitrogens is 5. The molecule has 0 saturated carbocycles. The Morgan fingerprint density at radius 3 is 2.70 bits per heavy atom. The van der Waals surface area contributed by atoms with Crippen molar-refractivity contribution in [3.05, 3.63) is 54.1 Å². The highest BCUT2D eigenvalue weighted by atomic mass is 16.5. The monoisotopic (exact) mass is 312 g/mol. The minimum absolute atomic E-state index is 0.205. The highest BCUT2D eigenvalue weighted by Gasteiger charge is 2.10.